The topological polar surface area (TPSA) is 54.4 Å². The summed E-state index contributed by atoms with van der Waals surface area (Å²) in [6.07, 6.45) is 5.55. The van der Waals surface area contributed by atoms with Crippen LogP contribution in [0.4, 0.5) is 0 Å². The van der Waals surface area contributed by atoms with Crippen molar-refractivity contribution in [3.63, 3.8) is 0 Å². The molecule has 3 aromatic rings. The number of benzene rings is 1. The Bertz CT molecular complexity index is 1170. The molecule has 1 aromatic carbocycles. The third kappa shape index (κ3) is 4.54. The summed E-state index contributed by atoms with van der Waals surface area (Å²) < 4.78 is 31.6. The van der Waals surface area contributed by atoms with Gasteiger partial charge in [-0.25, -0.2) is 0 Å². The summed E-state index contributed by atoms with van der Waals surface area (Å²) >= 11 is 3.77. The first-order valence-electron chi connectivity index (χ1n) is 11.0. The predicted molar refractivity (Wildman–Crippen MR) is 133 cm³/mol. The van der Waals surface area contributed by atoms with Gasteiger partial charge in [0.25, 0.3) is 10.1 Å². The molecule has 0 aliphatic heterocycles. The summed E-state index contributed by atoms with van der Waals surface area (Å²) in [7, 11) is -3.90. The molecule has 31 heavy (non-hydrogen) atoms. The van der Waals surface area contributed by atoms with Crippen LogP contribution in [0.3, 0.4) is 0 Å². The Morgan fingerprint density at radius 3 is 2.23 bits per heavy atom. The Balaban J connectivity index is 1.75. The van der Waals surface area contributed by atoms with Gasteiger partial charge in [-0.05, 0) is 61.9 Å². The molecule has 2 aromatic heterocycles. The molecular weight excluding hydrogens is 444 g/mol. The maximum absolute atomic E-state index is 11.2. The number of rotatable bonds is 9. The Hall–Kier alpha value is -1.47. The predicted octanol–water partition coefficient (Wildman–Crippen LogP) is 7.61. The quantitative estimate of drug-likeness (QED) is 0.256. The van der Waals surface area contributed by atoms with Crippen LogP contribution in [0.5, 0.6) is 0 Å². The lowest BCUT2D eigenvalue weighted by Gasteiger charge is -2.31. The molecule has 4 rings (SSSR count). The van der Waals surface area contributed by atoms with Gasteiger partial charge in [0, 0.05) is 24.9 Å². The normalized spacial score (nSPS) is 17.7. The number of hydrogen-bond donors (Lipinski definition) is 1. The molecule has 2 heterocycles. The second-order valence-electron chi connectivity index (χ2n) is 8.75. The lowest BCUT2D eigenvalue weighted by atomic mass is 9.71. The van der Waals surface area contributed by atoms with E-state index in [1.165, 1.54) is 41.8 Å². The van der Waals surface area contributed by atoms with Crippen molar-refractivity contribution in [2.45, 2.75) is 64.7 Å². The van der Waals surface area contributed by atoms with E-state index >= 15 is 0 Å². The van der Waals surface area contributed by atoms with Crippen molar-refractivity contribution in [3.8, 4) is 20.2 Å². The van der Waals surface area contributed by atoms with Gasteiger partial charge < -0.3 is 0 Å². The SMILES string of the molecule is CCCCC1(CCCCS(=O)(=O)O)c2cc(C)sc2-c2sc(-c3ccc(C)cc3)cc21. The van der Waals surface area contributed by atoms with Crippen LogP contribution in [0.1, 0.15) is 67.0 Å². The molecule has 3 nitrogen and oxygen atoms in total. The van der Waals surface area contributed by atoms with E-state index < -0.39 is 10.1 Å². The molecule has 0 saturated heterocycles. The van der Waals surface area contributed by atoms with Crippen molar-refractivity contribution in [1.29, 1.82) is 0 Å². The molecule has 0 amide bonds. The number of thiophene rings is 2. The van der Waals surface area contributed by atoms with Crippen molar-refractivity contribution in [1.82, 2.24) is 0 Å². The minimum Gasteiger partial charge on any atom is -0.286 e. The zero-order chi connectivity index (χ0) is 22.2. The number of unbranched alkanes of at least 4 members (excludes halogenated alkanes) is 2. The molecule has 1 N–H and O–H groups in total. The lowest BCUT2D eigenvalue weighted by molar-refractivity contribution is 0.413. The van der Waals surface area contributed by atoms with Gasteiger partial charge in [-0.15, -0.1) is 22.7 Å². The summed E-state index contributed by atoms with van der Waals surface area (Å²) in [5, 5.41) is 0. The van der Waals surface area contributed by atoms with Crippen molar-refractivity contribution < 1.29 is 13.0 Å². The van der Waals surface area contributed by atoms with Gasteiger partial charge in [0.2, 0.25) is 0 Å². The van der Waals surface area contributed by atoms with Crippen molar-refractivity contribution in [2.24, 2.45) is 0 Å². The smallest absolute Gasteiger partial charge is 0.264 e. The average Bonchev–Trinajstić information content (AvgIpc) is 3.36. The zero-order valence-corrected chi connectivity index (χ0v) is 20.9. The van der Waals surface area contributed by atoms with E-state index in [0.29, 0.717) is 6.42 Å². The van der Waals surface area contributed by atoms with Gasteiger partial charge in [-0.1, -0.05) is 56.0 Å². The molecule has 0 saturated carbocycles. The van der Waals surface area contributed by atoms with Gasteiger partial charge >= 0.3 is 0 Å². The third-order valence-electron chi connectivity index (χ3n) is 6.37. The Morgan fingerprint density at radius 1 is 0.903 bits per heavy atom. The highest BCUT2D eigenvalue weighted by Crippen LogP contribution is 2.60. The summed E-state index contributed by atoms with van der Waals surface area (Å²) in [6.45, 7) is 6.52. The van der Waals surface area contributed by atoms with E-state index in [0.717, 1.165) is 32.1 Å². The summed E-state index contributed by atoms with van der Waals surface area (Å²) in [5.74, 6) is -0.155. The molecule has 0 radical (unpaired) electrons. The molecular formula is C25H30O3S3. The minimum atomic E-state index is -3.90. The van der Waals surface area contributed by atoms with Crippen molar-refractivity contribution in [2.75, 3.05) is 5.75 Å². The molecule has 6 heteroatoms. The second-order valence-corrected chi connectivity index (χ2v) is 12.6. The van der Waals surface area contributed by atoms with Crippen molar-refractivity contribution in [3.05, 3.63) is 58.0 Å². The molecule has 1 unspecified atom stereocenters. The molecule has 0 spiro atoms. The van der Waals surface area contributed by atoms with E-state index in [4.69, 9.17) is 4.55 Å². The summed E-state index contributed by atoms with van der Waals surface area (Å²) in [4.78, 5) is 5.44. The maximum Gasteiger partial charge on any atom is 0.264 e. The molecule has 1 atom stereocenters. The van der Waals surface area contributed by atoms with Crippen LogP contribution in [0, 0.1) is 13.8 Å². The van der Waals surface area contributed by atoms with Crippen LogP contribution in [0.25, 0.3) is 20.2 Å². The highest BCUT2D eigenvalue weighted by atomic mass is 32.2. The largest absolute Gasteiger partial charge is 0.286 e. The summed E-state index contributed by atoms with van der Waals surface area (Å²) in [5.41, 5.74) is 5.33. The van der Waals surface area contributed by atoms with Gasteiger partial charge in [-0.3, -0.25) is 4.55 Å². The Labute approximate surface area is 193 Å². The summed E-state index contributed by atoms with van der Waals surface area (Å²) in [6, 6.07) is 13.5. The first kappa shape index (κ1) is 22.7. The third-order valence-corrected chi connectivity index (χ3v) is 9.58. The van der Waals surface area contributed by atoms with Gasteiger partial charge in [-0.2, -0.15) is 8.42 Å². The Morgan fingerprint density at radius 2 is 1.55 bits per heavy atom. The fourth-order valence-electron chi connectivity index (χ4n) is 4.81. The molecule has 1 aliphatic carbocycles. The molecule has 0 fully saturated rings. The first-order chi connectivity index (χ1) is 14.7. The number of aryl methyl sites for hydroxylation is 2. The standard InChI is InChI=1S/C25H30O3S3/c1-4-5-12-25(13-6-7-14-31(26,27)28)20-15-18(3)29-23(20)24-21(25)16-22(30-24)19-10-8-17(2)9-11-19/h8-11,15-16H,4-7,12-14H2,1-3H3,(H,26,27,28). The van der Waals surface area contributed by atoms with Gasteiger partial charge in [0.1, 0.15) is 0 Å². The first-order valence-corrected chi connectivity index (χ1v) is 14.3. The van der Waals surface area contributed by atoms with Crippen LogP contribution in [0.2, 0.25) is 0 Å². The van der Waals surface area contributed by atoms with E-state index in [2.05, 4.69) is 57.2 Å². The monoisotopic (exact) mass is 474 g/mol. The van der Waals surface area contributed by atoms with Crippen LogP contribution >= 0.6 is 22.7 Å². The van der Waals surface area contributed by atoms with E-state index in [-0.39, 0.29) is 11.2 Å². The van der Waals surface area contributed by atoms with Crippen LogP contribution < -0.4 is 0 Å². The van der Waals surface area contributed by atoms with E-state index in [1.54, 1.807) is 0 Å². The highest BCUT2D eigenvalue weighted by Gasteiger charge is 2.45. The molecule has 1 aliphatic rings. The average molecular weight is 475 g/mol. The van der Waals surface area contributed by atoms with Crippen molar-refractivity contribution >= 4 is 32.8 Å². The van der Waals surface area contributed by atoms with Crippen LogP contribution in [-0.2, 0) is 15.5 Å². The lowest BCUT2D eigenvalue weighted by Crippen LogP contribution is -2.25. The van der Waals surface area contributed by atoms with Gasteiger partial charge in [0.05, 0.1) is 5.75 Å². The number of fused-ring (bicyclic) bond motifs is 3. The van der Waals surface area contributed by atoms with E-state index in [1.807, 2.05) is 22.7 Å². The van der Waals surface area contributed by atoms with Crippen LogP contribution in [0.15, 0.2) is 36.4 Å². The molecule has 166 valence electrons. The minimum absolute atomic E-state index is 0.0515. The Kier molecular flexibility index (Phi) is 6.46. The number of hydrogen-bond acceptors (Lipinski definition) is 4. The van der Waals surface area contributed by atoms with E-state index in [9.17, 15) is 8.42 Å². The zero-order valence-electron chi connectivity index (χ0n) is 18.4. The highest BCUT2D eigenvalue weighted by molar-refractivity contribution is 7.85. The van der Waals surface area contributed by atoms with Gasteiger partial charge in [0.15, 0.2) is 0 Å². The van der Waals surface area contributed by atoms with Crippen LogP contribution in [-0.4, -0.2) is 18.7 Å². The fourth-order valence-corrected chi connectivity index (χ4v) is 7.91. The second kappa shape index (κ2) is 8.81. The fraction of sp³-hybridized carbons (Fsp3) is 0.440. The maximum atomic E-state index is 11.2. The molecule has 0 bridgehead atoms.